The first-order valence-electron chi connectivity index (χ1n) is 11.4. The first-order valence-corrected chi connectivity index (χ1v) is 12.2. The van der Waals surface area contributed by atoms with Crippen LogP contribution >= 0.6 is 15.9 Å². The van der Waals surface area contributed by atoms with Gasteiger partial charge < -0.3 is 10.6 Å². The molecule has 0 radical (unpaired) electrons. The second-order valence-corrected chi connectivity index (χ2v) is 11.3. The van der Waals surface area contributed by atoms with E-state index in [1.807, 2.05) is 18.2 Å². The van der Waals surface area contributed by atoms with E-state index < -0.39 is 17.5 Å². The average Bonchev–Trinajstić information content (AvgIpc) is 2.91. The van der Waals surface area contributed by atoms with Crippen molar-refractivity contribution in [2.75, 3.05) is 6.54 Å². The highest BCUT2D eigenvalue weighted by atomic mass is 79.9. The van der Waals surface area contributed by atoms with Gasteiger partial charge in [0, 0.05) is 16.1 Å². The van der Waals surface area contributed by atoms with Crippen molar-refractivity contribution in [3.8, 4) is 0 Å². The number of hydrogen-bond acceptors (Lipinski definition) is 3. The van der Waals surface area contributed by atoms with Gasteiger partial charge in [0.05, 0.1) is 0 Å². The monoisotopic (exact) mass is 487 g/mol. The van der Waals surface area contributed by atoms with Crippen molar-refractivity contribution in [1.29, 1.82) is 0 Å². The number of nitrogens with one attached hydrogen (secondary N) is 2. The number of halogens is 1. The summed E-state index contributed by atoms with van der Waals surface area (Å²) < 4.78 is 0.743. The Morgan fingerprint density at radius 3 is 2.32 bits per heavy atom. The normalized spacial score (nSPS) is 37.1. The van der Waals surface area contributed by atoms with Crippen LogP contribution in [0.15, 0.2) is 28.7 Å². The molecule has 4 saturated carbocycles. The van der Waals surface area contributed by atoms with E-state index in [-0.39, 0.29) is 23.9 Å². The van der Waals surface area contributed by atoms with E-state index in [0.29, 0.717) is 5.56 Å². The largest absolute Gasteiger partial charge is 0.352 e. The summed E-state index contributed by atoms with van der Waals surface area (Å²) in [4.78, 5) is 39.8. The predicted octanol–water partition coefficient (Wildman–Crippen LogP) is 3.94. The van der Waals surface area contributed by atoms with Crippen LogP contribution in [0.4, 0.5) is 4.79 Å². The highest BCUT2D eigenvalue weighted by Crippen LogP contribution is 2.61. The second kappa shape index (κ2) is 7.32. The molecule has 6 rings (SSSR count). The molecule has 6 nitrogen and oxygen atoms in total. The van der Waals surface area contributed by atoms with Gasteiger partial charge in [-0.1, -0.05) is 34.1 Å². The van der Waals surface area contributed by atoms with Crippen molar-refractivity contribution >= 4 is 33.8 Å². The molecule has 0 unspecified atom stereocenters. The summed E-state index contributed by atoms with van der Waals surface area (Å²) >= 11 is 3.47. The number of urea groups is 1. The van der Waals surface area contributed by atoms with Gasteiger partial charge in [0.15, 0.2) is 0 Å². The lowest BCUT2D eigenvalue weighted by Gasteiger charge is -2.59. The third kappa shape index (κ3) is 3.40. The molecule has 7 heteroatoms. The molecule has 1 saturated heterocycles. The van der Waals surface area contributed by atoms with Gasteiger partial charge in [-0.3, -0.25) is 14.5 Å². The Morgan fingerprint density at radius 1 is 1.16 bits per heavy atom. The van der Waals surface area contributed by atoms with Crippen molar-refractivity contribution in [2.24, 2.45) is 23.2 Å². The molecule has 1 aromatic carbocycles. The number of amides is 4. The smallest absolute Gasteiger partial charge is 0.325 e. The third-order valence-corrected chi connectivity index (χ3v) is 9.06. The number of nitrogens with zero attached hydrogens (tertiary/aromatic N) is 1. The molecular formula is C24H30BrN3O3. The molecule has 5 fully saturated rings. The van der Waals surface area contributed by atoms with Gasteiger partial charge >= 0.3 is 6.03 Å². The van der Waals surface area contributed by atoms with Gasteiger partial charge in [-0.2, -0.15) is 0 Å². The Kier molecular flexibility index (Phi) is 4.96. The Hall–Kier alpha value is -1.89. The lowest BCUT2D eigenvalue weighted by Crippen LogP contribution is -2.57. The van der Waals surface area contributed by atoms with Crippen LogP contribution in [-0.2, 0) is 15.1 Å². The number of carbonyl (C=O) groups is 3. The van der Waals surface area contributed by atoms with Crippen molar-refractivity contribution in [3.05, 3.63) is 34.3 Å². The summed E-state index contributed by atoms with van der Waals surface area (Å²) in [6.45, 7) is 3.55. The van der Waals surface area contributed by atoms with Crippen LogP contribution in [0, 0.1) is 23.2 Å². The van der Waals surface area contributed by atoms with E-state index in [4.69, 9.17) is 0 Å². The minimum Gasteiger partial charge on any atom is -0.352 e. The molecule has 4 bridgehead atoms. The maximum Gasteiger partial charge on any atom is 0.325 e. The van der Waals surface area contributed by atoms with E-state index in [1.165, 1.54) is 38.5 Å². The first kappa shape index (κ1) is 21.0. The van der Waals surface area contributed by atoms with Crippen molar-refractivity contribution in [3.63, 3.8) is 0 Å². The summed E-state index contributed by atoms with van der Waals surface area (Å²) in [6.07, 6.45) is 7.67. The molecule has 4 aliphatic carbocycles. The molecule has 166 valence electrons. The molecule has 5 aliphatic rings. The summed E-state index contributed by atoms with van der Waals surface area (Å²) in [7, 11) is 0. The Morgan fingerprint density at radius 2 is 1.74 bits per heavy atom. The molecular weight excluding hydrogens is 458 g/mol. The highest BCUT2D eigenvalue weighted by molar-refractivity contribution is 9.10. The summed E-state index contributed by atoms with van der Waals surface area (Å²) in [5.41, 5.74) is -0.327. The molecule has 1 aliphatic heterocycles. The fraction of sp³-hybridized carbons (Fsp3) is 0.625. The topological polar surface area (TPSA) is 78.5 Å². The lowest BCUT2D eigenvalue weighted by atomic mass is 9.48. The van der Waals surface area contributed by atoms with Crippen molar-refractivity contribution in [2.45, 2.75) is 64.0 Å². The zero-order chi connectivity index (χ0) is 22.0. The molecule has 0 spiro atoms. The summed E-state index contributed by atoms with van der Waals surface area (Å²) in [5, 5.41) is 5.94. The average molecular weight is 488 g/mol. The van der Waals surface area contributed by atoms with Gasteiger partial charge in [-0.15, -0.1) is 0 Å². The minimum atomic E-state index is -1.19. The van der Waals surface area contributed by atoms with Crippen molar-refractivity contribution in [1.82, 2.24) is 15.5 Å². The van der Waals surface area contributed by atoms with Crippen LogP contribution in [-0.4, -0.2) is 35.3 Å². The molecule has 4 amide bonds. The molecule has 1 aromatic rings. The summed E-state index contributed by atoms with van der Waals surface area (Å²) in [5.74, 6) is 1.76. The minimum absolute atomic E-state index is 0.0591. The van der Waals surface area contributed by atoms with Crippen LogP contribution in [0.5, 0.6) is 0 Å². The van der Waals surface area contributed by atoms with Crippen LogP contribution in [0.1, 0.15) is 57.9 Å². The van der Waals surface area contributed by atoms with E-state index >= 15 is 0 Å². The fourth-order valence-electron chi connectivity index (χ4n) is 7.18. The van der Waals surface area contributed by atoms with E-state index in [0.717, 1.165) is 27.1 Å². The van der Waals surface area contributed by atoms with Crippen molar-refractivity contribution < 1.29 is 14.4 Å². The Labute approximate surface area is 191 Å². The zero-order valence-corrected chi connectivity index (χ0v) is 19.7. The summed E-state index contributed by atoms with van der Waals surface area (Å²) in [6, 6.07) is 6.86. The van der Waals surface area contributed by atoms with Gasteiger partial charge in [-0.05, 0) is 81.6 Å². The van der Waals surface area contributed by atoms with Crippen LogP contribution in [0.3, 0.4) is 0 Å². The maximum atomic E-state index is 13.2. The number of rotatable bonds is 5. The van der Waals surface area contributed by atoms with E-state index in [1.54, 1.807) is 13.0 Å². The molecule has 1 heterocycles. The predicted molar refractivity (Wildman–Crippen MR) is 120 cm³/mol. The number of hydrogen-bond donors (Lipinski definition) is 2. The molecule has 2 atom stereocenters. The lowest BCUT2D eigenvalue weighted by molar-refractivity contribution is -0.136. The van der Waals surface area contributed by atoms with Crippen LogP contribution in [0.2, 0.25) is 0 Å². The number of carbonyl (C=O) groups excluding carboxylic acids is 3. The van der Waals surface area contributed by atoms with Gasteiger partial charge in [0.1, 0.15) is 12.1 Å². The van der Waals surface area contributed by atoms with Gasteiger partial charge in [-0.25, -0.2) is 4.79 Å². The van der Waals surface area contributed by atoms with Gasteiger partial charge in [0.2, 0.25) is 5.91 Å². The van der Waals surface area contributed by atoms with Gasteiger partial charge in [0.25, 0.3) is 5.91 Å². The van der Waals surface area contributed by atoms with Crippen LogP contribution in [0.25, 0.3) is 0 Å². The first-order chi connectivity index (χ1) is 14.7. The molecule has 2 N–H and O–H groups in total. The van der Waals surface area contributed by atoms with Crippen LogP contribution < -0.4 is 10.6 Å². The van der Waals surface area contributed by atoms with E-state index in [2.05, 4.69) is 33.5 Å². The highest BCUT2D eigenvalue weighted by Gasteiger charge is 2.54. The molecule has 31 heavy (non-hydrogen) atoms. The second-order valence-electron chi connectivity index (χ2n) is 10.5. The SMILES string of the molecule is C[C@@H](NC(=O)CN1C(=O)N[C@](C)(c2ccccc2Br)C1=O)C12CC3CC(CC(C3)C1)C2. The number of benzene rings is 1. The Balaban J connectivity index is 1.27. The zero-order valence-electron chi connectivity index (χ0n) is 18.1. The molecule has 0 aromatic heterocycles. The maximum absolute atomic E-state index is 13.2. The van der Waals surface area contributed by atoms with E-state index in [9.17, 15) is 14.4 Å². The fourth-order valence-corrected chi connectivity index (χ4v) is 7.86. The quantitative estimate of drug-likeness (QED) is 0.617. The standard InChI is InChI=1S/C24H30BrN3O3/c1-14(24-10-15-7-16(11-24)9-17(8-15)12-24)26-20(29)13-28-21(30)23(2,27-22(28)31)18-5-3-4-6-19(18)25/h3-6,14-17H,7-13H2,1-2H3,(H,26,29)(H,27,31)/t14-,15?,16?,17?,23-,24?/m1/s1. The third-order valence-electron chi connectivity index (χ3n) is 8.37. The Bertz CT molecular complexity index is 912. The number of imide groups is 1.